The first-order chi connectivity index (χ1) is 11.4. The second-order valence-corrected chi connectivity index (χ2v) is 7.70. The molecular formula is C19H21NO3S. The normalized spacial score (nSPS) is 14.0. The van der Waals surface area contributed by atoms with Crippen LogP contribution in [0.3, 0.4) is 0 Å². The number of benzene rings is 2. The van der Waals surface area contributed by atoms with Crippen LogP contribution < -0.4 is 0 Å². The van der Waals surface area contributed by atoms with Crippen LogP contribution in [0.2, 0.25) is 0 Å². The maximum Gasteiger partial charge on any atom is 0.289 e. The topological polar surface area (TPSA) is 50.5 Å². The molecule has 0 aliphatic carbocycles. The Morgan fingerprint density at radius 1 is 1.21 bits per heavy atom. The van der Waals surface area contributed by atoms with E-state index in [1.54, 1.807) is 18.2 Å². The van der Waals surface area contributed by atoms with Gasteiger partial charge < -0.3 is 9.32 Å². The van der Waals surface area contributed by atoms with Crippen LogP contribution in [-0.2, 0) is 10.8 Å². The zero-order valence-corrected chi connectivity index (χ0v) is 15.1. The number of carbonyl (C=O) groups excluding carboxylic acids is 1. The summed E-state index contributed by atoms with van der Waals surface area (Å²) in [5, 5.41) is 3.04. The van der Waals surface area contributed by atoms with Crippen molar-refractivity contribution in [2.75, 3.05) is 19.1 Å². The van der Waals surface area contributed by atoms with E-state index in [0.717, 1.165) is 27.3 Å². The number of hydrogen-bond acceptors (Lipinski definition) is 3. The van der Waals surface area contributed by atoms with Gasteiger partial charge in [-0.25, -0.2) is 0 Å². The minimum absolute atomic E-state index is 0.118. The molecule has 1 aromatic heterocycles. The smallest absolute Gasteiger partial charge is 0.289 e. The first kappa shape index (κ1) is 16.7. The maximum atomic E-state index is 12.8. The van der Waals surface area contributed by atoms with Gasteiger partial charge in [-0.1, -0.05) is 36.4 Å². The van der Waals surface area contributed by atoms with Crippen LogP contribution in [0.5, 0.6) is 0 Å². The lowest BCUT2D eigenvalue weighted by molar-refractivity contribution is 0.0726. The van der Waals surface area contributed by atoms with Crippen molar-refractivity contribution in [2.24, 2.45) is 0 Å². The Morgan fingerprint density at radius 3 is 2.62 bits per heavy atom. The predicted molar refractivity (Wildman–Crippen MR) is 98.9 cm³/mol. The molecule has 2 atom stereocenters. The number of carbonyl (C=O) groups is 1. The molecule has 1 heterocycles. The van der Waals surface area contributed by atoms with Crippen LogP contribution in [0, 0.1) is 6.92 Å². The summed E-state index contributed by atoms with van der Waals surface area (Å²) in [5.74, 6) is 0.632. The fraction of sp³-hybridized carbons (Fsp3) is 0.316. The van der Waals surface area contributed by atoms with Crippen molar-refractivity contribution in [1.29, 1.82) is 0 Å². The van der Waals surface area contributed by atoms with Crippen molar-refractivity contribution in [2.45, 2.75) is 19.9 Å². The lowest BCUT2D eigenvalue weighted by Crippen LogP contribution is -2.38. The van der Waals surface area contributed by atoms with Crippen molar-refractivity contribution < 1.29 is 13.4 Å². The monoisotopic (exact) mass is 343 g/mol. The highest BCUT2D eigenvalue weighted by Crippen LogP contribution is 2.32. The summed E-state index contributed by atoms with van der Waals surface area (Å²) in [6.45, 7) is 3.80. The molecule has 24 heavy (non-hydrogen) atoms. The minimum Gasteiger partial charge on any atom is -0.450 e. The first-order valence-corrected chi connectivity index (χ1v) is 9.61. The molecule has 0 aliphatic heterocycles. The van der Waals surface area contributed by atoms with Gasteiger partial charge in [0.25, 0.3) is 5.91 Å². The van der Waals surface area contributed by atoms with Crippen molar-refractivity contribution in [3.8, 4) is 0 Å². The highest BCUT2D eigenvalue weighted by Gasteiger charge is 2.25. The molecule has 0 aliphatic rings. The largest absolute Gasteiger partial charge is 0.450 e. The Bertz CT molecular complexity index is 944. The van der Waals surface area contributed by atoms with Gasteiger partial charge in [0.15, 0.2) is 5.76 Å². The Balaban J connectivity index is 2.06. The molecule has 0 spiro atoms. The molecule has 126 valence electrons. The second-order valence-electron chi connectivity index (χ2n) is 6.22. The molecule has 0 saturated carbocycles. The summed E-state index contributed by atoms with van der Waals surface area (Å²) >= 11 is 0. The van der Waals surface area contributed by atoms with E-state index in [0.29, 0.717) is 11.5 Å². The van der Waals surface area contributed by atoms with Gasteiger partial charge in [0.05, 0.1) is 0 Å². The van der Waals surface area contributed by atoms with E-state index in [1.807, 2.05) is 50.2 Å². The summed E-state index contributed by atoms with van der Waals surface area (Å²) < 4.78 is 17.4. The van der Waals surface area contributed by atoms with E-state index in [1.165, 1.54) is 0 Å². The van der Waals surface area contributed by atoms with Crippen LogP contribution in [-0.4, -0.2) is 40.1 Å². The number of amides is 1. The van der Waals surface area contributed by atoms with Crippen LogP contribution in [0.1, 0.15) is 23.0 Å². The SMILES string of the molecule is Cc1c(C(=O)N(C)[C@@H](C)C[S@](C)=O)oc2c1ccc1ccccc12. The third-order valence-corrected chi connectivity index (χ3v) is 5.43. The lowest BCUT2D eigenvalue weighted by Gasteiger charge is -2.23. The minimum atomic E-state index is -0.952. The van der Waals surface area contributed by atoms with Gasteiger partial charge in [-0.2, -0.15) is 0 Å². The molecule has 5 heteroatoms. The van der Waals surface area contributed by atoms with Crippen LogP contribution in [0.15, 0.2) is 40.8 Å². The Morgan fingerprint density at radius 2 is 1.92 bits per heavy atom. The van der Waals surface area contributed by atoms with Gasteiger partial charge in [0.1, 0.15) is 5.58 Å². The molecular weight excluding hydrogens is 322 g/mol. The van der Waals surface area contributed by atoms with E-state index in [-0.39, 0.29) is 11.9 Å². The Kier molecular flexibility index (Phi) is 4.45. The molecule has 0 fully saturated rings. The van der Waals surface area contributed by atoms with E-state index < -0.39 is 10.8 Å². The third-order valence-electron chi connectivity index (χ3n) is 4.48. The number of furan rings is 1. The highest BCUT2D eigenvalue weighted by atomic mass is 32.2. The highest BCUT2D eigenvalue weighted by molar-refractivity contribution is 7.84. The second kappa shape index (κ2) is 6.40. The predicted octanol–water partition coefficient (Wildman–Crippen LogP) is 3.73. The van der Waals surface area contributed by atoms with E-state index in [2.05, 4.69) is 0 Å². The van der Waals surface area contributed by atoms with Crippen molar-refractivity contribution in [3.63, 3.8) is 0 Å². The number of rotatable bonds is 4. The quantitative estimate of drug-likeness (QED) is 0.725. The fourth-order valence-corrected chi connectivity index (χ4v) is 3.87. The third kappa shape index (κ3) is 2.84. The molecule has 0 radical (unpaired) electrons. The van der Waals surface area contributed by atoms with E-state index >= 15 is 0 Å². The molecule has 0 bridgehead atoms. The number of aryl methyl sites for hydroxylation is 1. The molecule has 1 amide bonds. The van der Waals surface area contributed by atoms with E-state index in [4.69, 9.17) is 4.42 Å². The summed E-state index contributed by atoms with van der Waals surface area (Å²) in [6, 6.07) is 11.9. The van der Waals surface area contributed by atoms with Crippen LogP contribution >= 0.6 is 0 Å². The zero-order chi connectivity index (χ0) is 17.4. The van der Waals surface area contributed by atoms with Gasteiger partial charge in [0.2, 0.25) is 0 Å². The lowest BCUT2D eigenvalue weighted by atomic mass is 10.1. The standard InChI is InChI=1S/C19H21NO3S/c1-12(11-24(4)22)20(3)19(21)17-13(2)15-10-9-14-7-5-6-8-16(14)18(15)23-17/h5-10,12H,11H2,1-4H3/t12-,24-/m0/s1. The van der Waals surface area contributed by atoms with Crippen molar-refractivity contribution in [3.05, 3.63) is 47.7 Å². The molecule has 0 N–H and O–H groups in total. The Labute approximate surface area is 143 Å². The number of nitrogens with zero attached hydrogens (tertiary/aromatic N) is 1. The molecule has 0 saturated heterocycles. The first-order valence-electron chi connectivity index (χ1n) is 7.88. The molecule has 3 aromatic rings. The molecule has 4 nitrogen and oxygen atoms in total. The average Bonchev–Trinajstić information content (AvgIpc) is 2.90. The van der Waals surface area contributed by atoms with Gasteiger partial charge in [-0.3, -0.25) is 9.00 Å². The molecule has 2 aromatic carbocycles. The van der Waals surface area contributed by atoms with Gasteiger partial charge in [-0.05, 0) is 19.2 Å². The number of fused-ring (bicyclic) bond motifs is 3. The van der Waals surface area contributed by atoms with Gasteiger partial charge in [-0.15, -0.1) is 0 Å². The molecule has 3 rings (SSSR count). The Hall–Kier alpha value is -2.14. The average molecular weight is 343 g/mol. The van der Waals surface area contributed by atoms with E-state index in [9.17, 15) is 9.00 Å². The van der Waals surface area contributed by atoms with Gasteiger partial charge in [0, 0.05) is 52.2 Å². The van der Waals surface area contributed by atoms with Crippen LogP contribution in [0.4, 0.5) is 0 Å². The maximum absolute atomic E-state index is 12.8. The summed E-state index contributed by atoms with van der Waals surface area (Å²) in [6.07, 6.45) is 1.65. The molecule has 0 unspecified atom stereocenters. The van der Waals surface area contributed by atoms with Crippen LogP contribution in [0.25, 0.3) is 21.7 Å². The summed E-state index contributed by atoms with van der Waals surface area (Å²) in [7, 11) is 0.774. The fourth-order valence-electron chi connectivity index (χ4n) is 2.97. The zero-order valence-electron chi connectivity index (χ0n) is 14.3. The summed E-state index contributed by atoms with van der Waals surface area (Å²) in [5.41, 5.74) is 1.59. The van der Waals surface area contributed by atoms with Crippen molar-refractivity contribution in [1.82, 2.24) is 4.90 Å². The van der Waals surface area contributed by atoms with Crippen molar-refractivity contribution >= 4 is 38.4 Å². The number of hydrogen-bond donors (Lipinski definition) is 0. The summed E-state index contributed by atoms with van der Waals surface area (Å²) in [4.78, 5) is 14.4. The van der Waals surface area contributed by atoms with Gasteiger partial charge >= 0.3 is 0 Å².